The molecule has 0 amide bonds. The first-order chi connectivity index (χ1) is 7.81. The lowest BCUT2D eigenvalue weighted by atomic mass is 10.1. The van der Waals surface area contributed by atoms with Crippen molar-refractivity contribution in [3.8, 4) is 0 Å². The van der Waals surface area contributed by atoms with Crippen LogP contribution in [0.2, 0.25) is 0 Å². The van der Waals surface area contributed by atoms with E-state index in [1.54, 1.807) is 0 Å². The predicted octanol–water partition coefficient (Wildman–Crippen LogP) is 5.84. The van der Waals surface area contributed by atoms with Crippen molar-refractivity contribution in [2.45, 2.75) is 78.6 Å². The molecule has 0 unspecified atom stereocenters. The third-order valence-electron chi connectivity index (χ3n) is 2.84. The Bertz CT molecular complexity index is 186. The molecule has 0 N–H and O–H groups in total. The number of hydrogen-bond donors (Lipinski definition) is 0. The molecule has 0 heterocycles. The van der Waals surface area contributed by atoms with Crippen LogP contribution < -0.4 is 0 Å². The molecule has 0 heteroatoms. The Kier molecular flexibility index (Phi) is 12.1. The first kappa shape index (κ1) is 15.5. The molecule has 0 atom stereocenters. The van der Waals surface area contributed by atoms with E-state index in [-0.39, 0.29) is 0 Å². The van der Waals surface area contributed by atoms with E-state index in [0.717, 1.165) is 6.42 Å². The molecule has 0 saturated heterocycles. The van der Waals surface area contributed by atoms with Crippen molar-refractivity contribution in [2.24, 2.45) is 0 Å². The molecule has 0 rings (SSSR count). The van der Waals surface area contributed by atoms with Gasteiger partial charge in [0, 0.05) is 0 Å². The van der Waals surface area contributed by atoms with Gasteiger partial charge in [0.05, 0.1) is 0 Å². The van der Waals surface area contributed by atoms with E-state index in [0.29, 0.717) is 0 Å². The zero-order valence-electron chi connectivity index (χ0n) is 11.5. The van der Waals surface area contributed by atoms with Gasteiger partial charge in [-0.3, -0.25) is 0 Å². The second-order valence-electron chi connectivity index (χ2n) is 4.61. The first-order valence-corrected chi connectivity index (χ1v) is 7.05. The molecule has 0 spiro atoms. The van der Waals surface area contributed by atoms with Crippen molar-refractivity contribution in [1.29, 1.82) is 0 Å². The van der Waals surface area contributed by atoms with Crippen LogP contribution in [-0.2, 0) is 0 Å². The van der Waals surface area contributed by atoms with Crippen LogP contribution in [0.3, 0.4) is 0 Å². The fraction of sp³-hybridized carbons (Fsp3) is 0.750. The van der Waals surface area contributed by atoms with Gasteiger partial charge in [-0.05, 0) is 32.3 Å². The summed E-state index contributed by atoms with van der Waals surface area (Å²) in [6.07, 6.45) is 19.6. The molecule has 0 aliphatic carbocycles. The maximum atomic E-state index is 3.33. The van der Waals surface area contributed by atoms with E-state index in [1.807, 2.05) is 0 Å². The van der Waals surface area contributed by atoms with Gasteiger partial charge in [-0.2, -0.15) is 0 Å². The maximum Gasteiger partial charge on any atom is -0.0199 e. The second-order valence-corrected chi connectivity index (χ2v) is 4.61. The van der Waals surface area contributed by atoms with E-state index in [2.05, 4.69) is 39.0 Å². The van der Waals surface area contributed by atoms with E-state index < -0.39 is 0 Å². The Morgan fingerprint density at radius 1 is 0.938 bits per heavy atom. The van der Waals surface area contributed by atoms with Gasteiger partial charge in [-0.25, -0.2) is 0 Å². The Labute approximate surface area is 103 Å². The summed E-state index contributed by atoms with van der Waals surface area (Å²) in [6, 6.07) is 0. The second kappa shape index (κ2) is 12.5. The number of hydrogen-bond acceptors (Lipinski definition) is 0. The highest BCUT2D eigenvalue weighted by molar-refractivity contribution is 5.03. The van der Waals surface area contributed by atoms with Gasteiger partial charge in [-0.15, -0.1) is 0 Å². The summed E-state index contributed by atoms with van der Waals surface area (Å²) in [4.78, 5) is 0. The highest BCUT2D eigenvalue weighted by atomic mass is 14.0. The van der Waals surface area contributed by atoms with Crippen LogP contribution in [0.5, 0.6) is 0 Å². The van der Waals surface area contributed by atoms with Crippen molar-refractivity contribution in [2.75, 3.05) is 0 Å². The van der Waals surface area contributed by atoms with E-state index in [1.165, 1.54) is 56.9 Å². The van der Waals surface area contributed by atoms with Crippen LogP contribution in [0, 0.1) is 6.08 Å². The first-order valence-electron chi connectivity index (χ1n) is 7.05. The molecule has 0 aromatic heterocycles. The van der Waals surface area contributed by atoms with E-state index >= 15 is 0 Å². The molecule has 0 bridgehead atoms. The van der Waals surface area contributed by atoms with Crippen LogP contribution >= 0.6 is 0 Å². The molecular weight excluding hydrogens is 192 g/mol. The summed E-state index contributed by atoms with van der Waals surface area (Å²) < 4.78 is 0. The van der Waals surface area contributed by atoms with Gasteiger partial charge >= 0.3 is 0 Å². The molecule has 0 fully saturated rings. The zero-order chi connectivity index (χ0) is 12.1. The van der Waals surface area contributed by atoms with Gasteiger partial charge in [0.25, 0.3) is 0 Å². The quantitative estimate of drug-likeness (QED) is 0.321. The molecule has 16 heavy (non-hydrogen) atoms. The lowest BCUT2D eigenvalue weighted by Gasteiger charge is -2.01. The summed E-state index contributed by atoms with van der Waals surface area (Å²) in [5.41, 5.74) is 1.40. The van der Waals surface area contributed by atoms with Gasteiger partial charge < -0.3 is 0 Å². The van der Waals surface area contributed by atoms with Crippen LogP contribution in [0.4, 0.5) is 0 Å². The molecule has 0 aromatic rings. The minimum Gasteiger partial charge on any atom is -0.0842 e. The predicted molar refractivity (Wildman–Crippen MR) is 74.5 cm³/mol. The molecular formula is C16H29. The minimum atomic E-state index is 1.11. The summed E-state index contributed by atoms with van der Waals surface area (Å²) in [7, 11) is 0. The molecule has 93 valence electrons. The Morgan fingerprint density at radius 3 is 2.19 bits per heavy atom. The fourth-order valence-corrected chi connectivity index (χ4v) is 1.74. The molecule has 1 radical (unpaired) electrons. The minimum absolute atomic E-state index is 1.11. The summed E-state index contributed by atoms with van der Waals surface area (Å²) in [5, 5.41) is 0. The summed E-state index contributed by atoms with van der Waals surface area (Å²) in [5.74, 6) is 0. The Balaban J connectivity index is 3.30. The van der Waals surface area contributed by atoms with Crippen LogP contribution in [0.25, 0.3) is 0 Å². The van der Waals surface area contributed by atoms with Crippen LogP contribution in [0.1, 0.15) is 78.6 Å². The average Bonchev–Trinajstić information content (AvgIpc) is 2.28. The van der Waals surface area contributed by atoms with Gasteiger partial charge in [-0.1, -0.05) is 70.1 Å². The van der Waals surface area contributed by atoms with Crippen molar-refractivity contribution < 1.29 is 0 Å². The molecule has 0 saturated carbocycles. The molecule has 0 aliphatic heterocycles. The van der Waals surface area contributed by atoms with E-state index in [9.17, 15) is 0 Å². The monoisotopic (exact) mass is 221 g/mol. The van der Waals surface area contributed by atoms with Crippen molar-refractivity contribution in [3.05, 3.63) is 23.8 Å². The smallest absolute Gasteiger partial charge is 0.0199 e. The average molecular weight is 221 g/mol. The van der Waals surface area contributed by atoms with Crippen molar-refractivity contribution in [1.82, 2.24) is 0 Å². The highest BCUT2D eigenvalue weighted by Gasteiger charge is 1.92. The van der Waals surface area contributed by atoms with Crippen molar-refractivity contribution in [3.63, 3.8) is 0 Å². The molecule has 0 aromatic carbocycles. The Hall–Kier alpha value is -0.520. The molecule has 0 nitrogen and oxygen atoms in total. The largest absolute Gasteiger partial charge is 0.0842 e. The lowest BCUT2D eigenvalue weighted by molar-refractivity contribution is 0.588. The number of allylic oxidation sites excluding steroid dienone is 4. The van der Waals surface area contributed by atoms with Gasteiger partial charge in [0.1, 0.15) is 0 Å². The standard InChI is InChI=1S/C16H29/c1-4-6-8-9-10-11-13-15-16(3)14-12-7-5-2/h7,12H,4-6,8-11,13,15H2,1-3H3. The normalized spacial score (nSPS) is 12.6. The zero-order valence-corrected chi connectivity index (χ0v) is 11.5. The highest BCUT2D eigenvalue weighted by Crippen LogP contribution is 2.11. The number of unbranched alkanes of at least 4 members (excludes halogenated alkanes) is 6. The topological polar surface area (TPSA) is 0 Å². The van der Waals surface area contributed by atoms with Crippen LogP contribution in [-0.4, -0.2) is 0 Å². The van der Waals surface area contributed by atoms with E-state index in [4.69, 9.17) is 0 Å². The summed E-state index contributed by atoms with van der Waals surface area (Å²) in [6.45, 7) is 6.62. The summed E-state index contributed by atoms with van der Waals surface area (Å²) >= 11 is 0. The fourth-order valence-electron chi connectivity index (χ4n) is 1.74. The SMILES string of the molecule is CCC=C/[C]=C(\C)CCCCCCCCC. The number of rotatable bonds is 10. The Morgan fingerprint density at radius 2 is 1.56 bits per heavy atom. The molecule has 0 aliphatic rings. The van der Waals surface area contributed by atoms with Crippen LogP contribution in [0.15, 0.2) is 17.7 Å². The third kappa shape index (κ3) is 11.6. The maximum absolute atomic E-state index is 3.33. The van der Waals surface area contributed by atoms with Gasteiger partial charge in [0.2, 0.25) is 0 Å². The lowest BCUT2D eigenvalue weighted by Crippen LogP contribution is -1.82. The van der Waals surface area contributed by atoms with Gasteiger partial charge in [0.15, 0.2) is 0 Å². The van der Waals surface area contributed by atoms with Crippen molar-refractivity contribution >= 4 is 0 Å². The third-order valence-corrected chi connectivity index (χ3v) is 2.84.